The average molecular weight is 430 g/mol. The van der Waals surface area contributed by atoms with Gasteiger partial charge in [-0.05, 0) is 50.3 Å². The van der Waals surface area contributed by atoms with Gasteiger partial charge in [-0.15, -0.1) is 0 Å². The minimum atomic E-state index is -0.961. The van der Waals surface area contributed by atoms with E-state index in [1.165, 1.54) is 6.20 Å². The maximum Gasteiger partial charge on any atom is 0.162 e. The topological polar surface area (TPSA) is 92.1 Å². The van der Waals surface area contributed by atoms with E-state index in [9.17, 15) is 14.9 Å². The van der Waals surface area contributed by atoms with Crippen LogP contribution in [0, 0.1) is 16.7 Å². The van der Waals surface area contributed by atoms with Crippen LogP contribution in [0.3, 0.4) is 0 Å². The van der Waals surface area contributed by atoms with E-state index in [4.69, 9.17) is 4.74 Å². The Morgan fingerprint density at radius 2 is 2.00 bits per heavy atom. The third-order valence-corrected chi connectivity index (χ3v) is 6.27. The van der Waals surface area contributed by atoms with Gasteiger partial charge in [0.1, 0.15) is 17.6 Å². The highest BCUT2D eigenvalue weighted by atomic mass is 16.5. The highest BCUT2D eigenvalue weighted by Crippen LogP contribution is 2.53. The van der Waals surface area contributed by atoms with Gasteiger partial charge in [-0.2, -0.15) is 5.26 Å². The van der Waals surface area contributed by atoms with Gasteiger partial charge in [0.2, 0.25) is 0 Å². The maximum atomic E-state index is 13.6. The predicted octanol–water partition coefficient (Wildman–Crippen LogP) is 4.93. The largest absolute Gasteiger partial charge is 0.491 e. The first-order valence-electron chi connectivity index (χ1n) is 10.8. The van der Waals surface area contributed by atoms with Crippen molar-refractivity contribution >= 4 is 17.9 Å². The highest BCUT2D eigenvalue weighted by molar-refractivity contribution is 6.03. The third-order valence-electron chi connectivity index (χ3n) is 6.27. The summed E-state index contributed by atoms with van der Waals surface area (Å²) >= 11 is 0. The first-order valence-corrected chi connectivity index (χ1v) is 10.8. The molecule has 2 heterocycles. The van der Waals surface area contributed by atoms with E-state index in [-0.39, 0.29) is 28.4 Å². The molecule has 0 saturated heterocycles. The van der Waals surface area contributed by atoms with Crippen molar-refractivity contribution < 1.29 is 14.3 Å². The van der Waals surface area contributed by atoms with E-state index in [1.807, 2.05) is 45.0 Å². The van der Waals surface area contributed by atoms with Gasteiger partial charge in [0.15, 0.2) is 12.1 Å². The number of benzene rings is 1. The fraction of sp³-hybridized carbons (Fsp3) is 0.385. The number of carbonyl (C=O) groups is 2. The average Bonchev–Trinajstić information content (AvgIpc) is 2.71. The Morgan fingerprint density at radius 3 is 2.66 bits per heavy atom. The molecule has 0 amide bonds. The van der Waals surface area contributed by atoms with Gasteiger partial charge in [0, 0.05) is 29.5 Å². The van der Waals surface area contributed by atoms with Gasteiger partial charge in [0.25, 0.3) is 0 Å². The summed E-state index contributed by atoms with van der Waals surface area (Å²) in [6.07, 6.45) is 3.13. The van der Waals surface area contributed by atoms with E-state index in [0.717, 1.165) is 11.3 Å². The zero-order chi connectivity index (χ0) is 23.3. The molecule has 0 radical (unpaired) electrons. The van der Waals surface area contributed by atoms with Crippen LogP contribution in [-0.2, 0) is 10.2 Å². The fourth-order valence-electron chi connectivity index (χ4n) is 5.03. The van der Waals surface area contributed by atoms with Crippen molar-refractivity contribution in [2.24, 2.45) is 5.41 Å². The smallest absolute Gasteiger partial charge is 0.162 e. The van der Waals surface area contributed by atoms with Crippen LogP contribution in [0.4, 0.5) is 5.82 Å². The summed E-state index contributed by atoms with van der Waals surface area (Å²) in [5.74, 6) is 1.23. The summed E-state index contributed by atoms with van der Waals surface area (Å²) in [5.41, 5.74) is 2.13. The first-order chi connectivity index (χ1) is 15.1. The molecule has 6 heteroatoms. The lowest BCUT2D eigenvalue weighted by atomic mass is 9.61. The molecule has 1 unspecified atom stereocenters. The molecule has 2 aliphatic rings. The minimum Gasteiger partial charge on any atom is -0.491 e. The molecule has 32 heavy (non-hydrogen) atoms. The van der Waals surface area contributed by atoms with E-state index in [1.54, 1.807) is 0 Å². The van der Waals surface area contributed by atoms with Gasteiger partial charge >= 0.3 is 0 Å². The number of carbonyl (C=O) groups excluding carboxylic acids is 2. The number of hydrogen-bond acceptors (Lipinski definition) is 6. The Bertz CT molecular complexity index is 1200. The number of hydrogen-bond donors (Lipinski definition) is 1. The summed E-state index contributed by atoms with van der Waals surface area (Å²) in [4.78, 5) is 29.8. The zero-order valence-corrected chi connectivity index (χ0v) is 19.1. The zero-order valence-electron chi connectivity index (χ0n) is 19.1. The molecule has 0 bridgehead atoms. The van der Waals surface area contributed by atoms with Gasteiger partial charge < -0.3 is 10.1 Å². The van der Waals surface area contributed by atoms with E-state index in [2.05, 4.69) is 30.2 Å². The summed E-state index contributed by atoms with van der Waals surface area (Å²) < 4.78 is 5.92. The molecular weight excluding hydrogens is 402 g/mol. The quantitative estimate of drug-likeness (QED) is 0.693. The maximum absolute atomic E-state index is 13.6. The van der Waals surface area contributed by atoms with Crippen molar-refractivity contribution in [2.45, 2.75) is 59.0 Å². The number of pyridine rings is 1. The van der Waals surface area contributed by atoms with Crippen LogP contribution in [0.5, 0.6) is 5.75 Å². The lowest BCUT2D eigenvalue weighted by molar-refractivity contribution is -0.118. The number of aldehydes is 1. The van der Waals surface area contributed by atoms with Crippen LogP contribution < -0.4 is 10.1 Å². The Morgan fingerprint density at radius 1 is 1.25 bits per heavy atom. The number of rotatable bonds is 4. The summed E-state index contributed by atoms with van der Waals surface area (Å²) in [5, 5.41) is 13.3. The first kappa shape index (κ1) is 21.8. The second-order valence-electron chi connectivity index (χ2n) is 9.78. The van der Waals surface area contributed by atoms with Crippen molar-refractivity contribution in [3.05, 3.63) is 64.0 Å². The van der Waals surface area contributed by atoms with Gasteiger partial charge in [0.05, 0.1) is 22.6 Å². The molecule has 1 aromatic carbocycles. The summed E-state index contributed by atoms with van der Waals surface area (Å²) in [7, 11) is 0. The minimum absolute atomic E-state index is 0.0109. The molecule has 1 N–H and O–H groups in total. The molecule has 6 nitrogen and oxygen atoms in total. The number of ketones is 1. The van der Waals surface area contributed by atoms with E-state index >= 15 is 0 Å². The van der Waals surface area contributed by atoms with E-state index < -0.39 is 5.41 Å². The molecule has 0 saturated carbocycles. The summed E-state index contributed by atoms with van der Waals surface area (Å²) in [6.45, 7) is 10.0. The molecular formula is C26H27N3O3. The molecule has 0 spiro atoms. The molecule has 1 aliphatic carbocycles. The number of fused-ring (bicyclic) bond motifs is 1. The van der Waals surface area contributed by atoms with Crippen LogP contribution in [0.2, 0.25) is 0 Å². The number of nitriles is 1. The Kier molecular flexibility index (Phi) is 5.16. The standard InChI is InChI=1S/C26H27N3O3/c1-15(2)32-18-8-6-7-17(9-18)26(5)22-19(12-27)16(14-30)13-28-24(22)29-20-10-25(3,4)11-21(31)23(20)26/h6-9,13-15H,10-11H2,1-5H3,(H,28,29). The van der Waals surface area contributed by atoms with E-state index in [0.29, 0.717) is 41.8 Å². The lowest BCUT2D eigenvalue weighted by Gasteiger charge is -2.45. The van der Waals surface area contributed by atoms with Crippen molar-refractivity contribution in [1.29, 1.82) is 5.26 Å². The Balaban J connectivity index is 2.06. The molecule has 2 aromatic rings. The third kappa shape index (κ3) is 3.38. The molecule has 1 aliphatic heterocycles. The van der Waals surface area contributed by atoms with Gasteiger partial charge in [-0.25, -0.2) is 4.98 Å². The van der Waals surface area contributed by atoms with Crippen molar-refractivity contribution in [1.82, 2.24) is 4.98 Å². The van der Waals surface area contributed by atoms with Crippen LogP contribution in [0.25, 0.3) is 0 Å². The monoisotopic (exact) mass is 429 g/mol. The number of aromatic nitrogens is 1. The number of allylic oxidation sites excluding steroid dienone is 2. The SMILES string of the molecule is CC(C)Oc1cccc(C2(C)C3=C(CC(C)(C)CC3=O)Nc3ncc(C=O)c(C#N)c32)c1. The number of nitrogens with one attached hydrogen (secondary N) is 1. The van der Waals surface area contributed by atoms with Crippen LogP contribution >= 0.6 is 0 Å². The van der Waals surface area contributed by atoms with Crippen molar-refractivity contribution in [3.63, 3.8) is 0 Å². The van der Waals surface area contributed by atoms with Crippen LogP contribution in [0.1, 0.15) is 74.5 Å². The molecule has 164 valence electrons. The van der Waals surface area contributed by atoms with Crippen molar-refractivity contribution in [3.8, 4) is 11.8 Å². The number of ether oxygens (including phenoxy) is 1. The second kappa shape index (κ2) is 7.59. The fourth-order valence-corrected chi connectivity index (χ4v) is 5.03. The number of anilines is 1. The van der Waals surface area contributed by atoms with Gasteiger partial charge in [-0.1, -0.05) is 26.0 Å². The lowest BCUT2D eigenvalue weighted by Crippen LogP contribution is -2.43. The Labute approximate surface area is 188 Å². The van der Waals surface area contributed by atoms with Crippen molar-refractivity contribution in [2.75, 3.05) is 5.32 Å². The van der Waals surface area contributed by atoms with Crippen LogP contribution in [-0.4, -0.2) is 23.2 Å². The molecule has 0 fully saturated rings. The number of Topliss-reactive ketones (excluding diaryl/α,β-unsaturated/α-hetero) is 1. The summed E-state index contributed by atoms with van der Waals surface area (Å²) in [6, 6.07) is 9.82. The second-order valence-corrected chi connectivity index (χ2v) is 9.78. The molecule has 1 atom stereocenters. The molecule has 1 aromatic heterocycles. The van der Waals surface area contributed by atoms with Crippen LogP contribution in [0.15, 0.2) is 41.7 Å². The van der Waals surface area contributed by atoms with Gasteiger partial charge in [-0.3, -0.25) is 9.59 Å². The Hall–Kier alpha value is -3.46. The molecule has 4 rings (SSSR count). The normalized spacial score (nSPS) is 21.3. The highest BCUT2D eigenvalue weighted by Gasteiger charge is 2.49. The predicted molar refractivity (Wildman–Crippen MR) is 122 cm³/mol. The number of nitrogens with zero attached hydrogens (tertiary/aromatic N) is 2.